The zero-order valence-corrected chi connectivity index (χ0v) is 18.1. The van der Waals surface area contributed by atoms with Gasteiger partial charge in [-0.1, -0.05) is 37.6 Å². The summed E-state index contributed by atoms with van der Waals surface area (Å²) in [5.41, 5.74) is 1.19. The van der Waals surface area contributed by atoms with Gasteiger partial charge >= 0.3 is 0 Å². The quantitative estimate of drug-likeness (QED) is 0.698. The first-order chi connectivity index (χ1) is 14.3. The van der Waals surface area contributed by atoms with Gasteiger partial charge in [0.1, 0.15) is 17.1 Å². The number of fused-ring (bicyclic) bond motifs is 1. The molecule has 0 bridgehead atoms. The van der Waals surface area contributed by atoms with E-state index in [0.717, 1.165) is 0 Å². The lowest BCUT2D eigenvalue weighted by atomic mass is 9.82. The molecule has 158 valence electrons. The fourth-order valence-corrected chi connectivity index (χ4v) is 4.28. The van der Waals surface area contributed by atoms with E-state index in [9.17, 15) is 9.59 Å². The summed E-state index contributed by atoms with van der Waals surface area (Å²) in [7, 11) is 0. The molecule has 2 heterocycles. The number of carbonyl (C=O) groups is 2. The normalized spacial score (nSPS) is 17.6. The second-order valence-corrected chi connectivity index (χ2v) is 8.86. The number of piperidine rings is 1. The van der Waals surface area contributed by atoms with Crippen LogP contribution in [0.25, 0.3) is 0 Å². The van der Waals surface area contributed by atoms with Gasteiger partial charge in [0.05, 0.1) is 12.0 Å². The SMILES string of the molecule is CC(C)c1cccc(OCC(=O)N2CCC3(CC2)CC(=O)c2cc(Cl)ccc2O3)c1. The highest BCUT2D eigenvalue weighted by atomic mass is 35.5. The number of ether oxygens (including phenoxy) is 2. The first-order valence-electron chi connectivity index (χ1n) is 10.4. The predicted molar refractivity (Wildman–Crippen MR) is 116 cm³/mol. The summed E-state index contributed by atoms with van der Waals surface area (Å²) < 4.78 is 12.0. The lowest BCUT2D eigenvalue weighted by molar-refractivity contribution is -0.136. The molecule has 0 saturated carbocycles. The first kappa shape index (κ1) is 20.7. The second kappa shape index (κ2) is 8.31. The minimum Gasteiger partial charge on any atom is -0.486 e. The molecule has 2 aromatic rings. The molecule has 5 nitrogen and oxygen atoms in total. The molecular formula is C24H26ClNO4. The second-order valence-electron chi connectivity index (χ2n) is 8.42. The van der Waals surface area contributed by atoms with Crippen LogP contribution in [0.3, 0.4) is 0 Å². The summed E-state index contributed by atoms with van der Waals surface area (Å²) >= 11 is 6.01. The number of nitrogens with zero attached hydrogens (tertiary/aromatic N) is 1. The molecule has 4 rings (SSSR count). The molecule has 0 aromatic heterocycles. The van der Waals surface area contributed by atoms with Crippen molar-refractivity contribution in [3.05, 3.63) is 58.6 Å². The number of ketones is 1. The Labute approximate surface area is 181 Å². The summed E-state index contributed by atoms with van der Waals surface area (Å²) in [6.45, 7) is 5.35. The smallest absolute Gasteiger partial charge is 0.260 e. The van der Waals surface area contributed by atoms with Crippen LogP contribution >= 0.6 is 11.6 Å². The fourth-order valence-electron chi connectivity index (χ4n) is 4.11. The predicted octanol–water partition coefficient (Wildman–Crippen LogP) is 4.87. The maximum atomic E-state index is 12.6. The highest BCUT2D eigenvalue weighted by Crippen LogP contribution is 2.40. The van der Waals surface area contributed by atoms with Crippen LogP contribution in [-0.4, -0.2) is 41.9 Å². The van der Waals surface area contributed by atoms with Crippen LogP contribution < -0.4 is 9.47 Å². The Morgan fingerprint density at radius 2 is 1.97 bits per heavy atom. The first-order valence-corrected chi connectivity index (χ1v) is 10.8. The van der Waals surface area contributed by atoms with Crippen molar-refractivity contribution in [3.8, 4) is 11.5 Å². The number of likely N-dealkylation sites (tertiary alicyclic amines) is 1. The lowest BCUT2D eigenvalue weighted by Gasteiger charge is -2.43. The third kappa shape index (κ3) is 4.31. The van der Waals surface area contributed by atoms with Crippen LogP contribution in [0.15, 0.2) is 42.5 Å². The van der Waals surface area contributed by atoms with E-state index in [-0.39, 0.29) is 18.3 Å². The number of hydrogen-bond acceptors (Lipinski definition) is 4. The molecule has 0 radical (unpaired) electrons. The molecular weight excluding hydrogens is 402 g/mol. The number of benzene rings is 2. The average molecular weight is 428 g/mol. The monoisotopic (exact) mass is 427 g/mol. The average Bonchev–Trinajstić information content (AvgIpc) is 2.73. The summed E-state index contributed by atoms with van der Waals surface area (Å²) in [5.74, 6) is 1.70. The highest BCUT2D eigenvalue weighted by Gasteiger charge is 2.43. The van der Waals surface area contributed by atoms with Gasteiger partial charge in [-0.15, -0.1) is 0 Å². The van der Waals surface area contributed by atoms with Crippen LogP contribution in [0, 0.1) is 0 Å². The maximum absolute atomic E-state index is 12.6. The lowest BCUT2D eigenvalue weighted by Crippen LogP contribution is -2.53. The molecule has 0 unspecified atom stereocenters. The minimum absolute atomic E-state index is 0.00959. The highest BCUT2D eigenvalue weighted by molar-refractivity contribution is 6.31. The molecule has 0 aliphatic carbocycles. The van der Waals surface area contributed by atoms with Gasteiger partial charge in [-0.25, -0.2) is 0 Å². The molecule has 0 atom stereocenters. The van der Waals surface area contributed by atoms with Crippen molar-refractivity contribution in [1.29, 1.82) is 0 Å². The third-order valence-corrected chi connectivity index (χ3v) is 6.20. The Morgan fingerprint density at radius 3 is 2.70 bits per heavy atom. The molecule has 1 fully saturated rings. The third-order valence-electron chi connectivity index (χ3n) is 5.97. The van der Waals surface area contributed by atoms with Crippen molar-refractivity contribution in [2.24, 2.45) is 0 Å². The van der Waals surface area contributed by atoms with Crippen LogP contribution in [0.4, 0.5) is 0 Å². The van der Waals surface area contributed by atoms with E-state index < -0.39 is 5.60 Å². The number of carbonyl (C=O) groups excluding carboxylic acids is 2. The number of rotatable bonds is 4. The maximum Gasteiger partial charge on any atom is 0.260 e. The van der Waals surface area contributed by atoms with Gasteiger partial charge < -0.3 is 14.4 Å². The van der Waals surface area contributed by atoms with E-state index in [1.807, 2.05) is 18.2 Å². The van der Waals surface area contributed by atoms with Gasteiger partial charge in [0.25, 0.3) is 5.91 Å². The van der Waals surface area contributed by atoms with Crippen molar-refractivity contribution in [1.82, 2.24) is 4.90 Å². The summed E-state index contributed by atoms with van der Waals surface area (Å²) in [6, 6.07) is 13.0. The van der Waals surface area contributed by atoms with Gasteiger partial charge in [-0.05, 0) is 41.8 Å². The summed E-state index contributed by atoms with van der Waals surface area (Å²) in [4.78, 5) is 27.1. The summed E-state index contributed by atoms with van der Waals surface area (Å²) in [5, 5.41) is 0.529. The standard InChI is InChI=1S/C24H26ClNO4/c1-16(2)17-4-3-5-19(12-17)29-15-23(28)26-10-8-24(9-11-26)14-21(27)20-13-18(25)6-7-22(20)30-24/h3-7,12-13,16H,8-11,14-15H2,1-2H3. The Bertz CT molecular complexity index is 963. The number of Topliss-reactive ketones (excluding diaryl/α,β-unsaturated/α-hetero) is 1. The van der Waals surface area contributed by atoms with E-state index in [0.29, 0.717) is 60.4 Å². The molecule has 2 aromatic carbocycles. The van der Waals surface area contributed by atoms with Gasteiger partial charge in [0, 0.05) is 31.0 Å². The molecule has 1 spiro atoms. The molecule has 2 aliphatic heterocycles. The molecule has 6 heteroatoms. The van der Waals surface area contributed by atoms with Crippen molar-refractivity contribution in [3.63, 3.8) is 0 Å². The Kier molecular flexibility index (Phi) is 5.74. The molecule has 30 heavy (non-hydrogen) atoms. The largest absolute Gasteiger partial charge is 0.486 e. The van der Waals surface area contributed by atoms with Crippen molar-refractivity contribution in [2.45, 2.75) is 44.6 Å². The number of hydrogen-bond donors (Lipinski definition) is 0. The molecule has 1 amide bonds. The van der Waals surface area contributed by atoms with Crippen molar-refractivity contribution >= 4 is 23.3 Å². The summed E-state index contributed by atoms with van der Waals surface area (Å²) in [6.07, 6.45) is 1.56. The van der Waals surface area contributed by atoms with Crippen LogP contribution in [0.5, 0.6) is 11.5 Å². The van der Waals surface area contributed by atoms with E-state index in [4.69, 9.17) is 21.1 Å². The van der Waals surface area contributed by atoms with Crippen molar-refractivity contribution < 1.29 is 19.1 Å². The zero-order chi connectivity index (χ0) is 21.3. The van der Waals surface area contributed by atoms with Crippen molar-refractivity contribution in [2.75, 3.05) is 19.7 Å². The van der Waals surface area contributed by atoms with E-state index >= 15 is 0 Å². The Morgan fingerprint density at radius 1 is 1.20 bits per heavy atom. The van der Waals surface area contributed by atoms with Crippen LogP contribution in [0.2, 0.25) is 5.02 Å². The van der Waals surface area contributed by atoms with Gasteiger partial charge in [0.15, 0.2) is 12.4 Å². The van der Waals surface area contributed by atoms with Gasteiger partial charge in [-0.2, -0.15) is 0 Å². The Hall–Kier alpha value is -2.53. The molecule has 0 N–H and O–H groups in total. The number of halogens is 1. The van der Waals surface area contributed by atoms with Gasteiger partial charge in [0.2, 0.25) is 0 Å². The Balaban J connectivity index is 1.34. The van der Waals surface area contributed by atoms with E-state index in [1.165, 1.54) is 5.56 Å². The van der Waals surface area contributed by atoms with Gasteiger partial charge in [-0.3, -0.25) is 9.59 Å². The molecule has 1 saturated heterocycles. The number of amides is 1. The zero-order valence-electron chi connectivity index (χ0n) is 17.3. The van der Waals surface area contributed by atoms with E-state index in [1.54, 1.807) is 23.1 Å². The molecule has 2 aliphatic rings. The van der Waals surface area contributed by atoms with Crippen LogP contribution in [0.1, 0.15) is 54.9 Å². The minimum atomic E-state index is -0.541. The van der Waals surface area contributed by atoms with Crippen LogP contribution in [-0.2, 0) is 4.79 Å². The fraction of sp³-hybridized carbons (Fsp3) is 0.417. The topological polar surface area (TPSA) is 55.8 Å². The van der Waals surface area contributed by atoms with E-state index in [2.05, 4.69) is 19.9 Å².